The molecule has 1 heterocycles. The summed E-state index contributed by atoms with van der Waals surface area (Å²) in [5.41, 5.74) is 1.60. The summed E-state index contributed by atoms with van der Waals surface area (Å²) in [7, 11) is -4.00. The molecule has 28 heavy (non-hydrogen) atoms. The molecular weight excluding hydrogens is 404 g/mol. The summed E-state index contributed by atoms with van der Waals surface area (Å²) in [5.74, 6) is -1.10. The summed E-state index contributed by atoms with van der Waals surface area (Å²) in [6.45, 7) is 1.83. The molecule has 1 aliphatic rings. The predicted octanol–water partition coefficient (Wildman–Crippen LogP) is 2.60. The summed E-state index contributed by atoms with van der Waals surface area (Å²) in [5, 5.41) is 0. The Morgan fingerprint density at radius 2 is 1.86 bits per heavy atom. The molecule has 3 rings (SSSR count). The predicted molar refractivity (Wildman–Crippen MR) is 103 cm³/mol. The van der Waals surface area contributed by atoms with E-state index in [-0.39, 0.29) is 17.4 Å². The number of hydrogen-bond donors (Lipinski definition) is 1. The highest BCUT2D eigenvalue weighted by atomic mass is 35.5. The molecule has 0 aliphatic carbocycles. The van der Waals surface area contributed by atoms with Gasteiger partial charge in [0.1, 0.15) is 18.7 Å². The maximum atomic E-state index is 12.9. The summed E-state index contributed by atoms with van der Waals surface area (Å²) in [4.78, 5) is 26.0. The fourth-order valence-electron chi connectivity index (χ4n) is 2.87. The lowest BCUT2D eigenvalue weighted by atomic mass is 10.1. The molecule has 1 saturated heterocycles. The van der Waals surface area contributed by atoms with E-state index in [0.29, 0.717) is 5.56 Å². The number of halogens is 1. The number of imide groups is 1. The van der Waals surface area contributed by atoms with Crippen molar-refractivity contribution in [1.82, 2.24) is 9.62 Å². The molecule has 0 spiro atoms. The summed E-state index contributed by atoms with van der Waals surface area (Å²) >= 11 is 5.87. The number of benzene rings is 2. The van der Waals surface area contributed by atoms with E-state index in [1.807, 2.05) is 13.0 Å². The highest BCUT2D eigenvalue weighted by Gasteiger charge is 2.42. The van der Waals surface area contributed by atoms with Crippen molar-refractivity contribution in [1.29, 1.82) is 0 Å². The van der Waals surface area contributed by atoms with Crippen LogP contribution in [0.2, 0.25) is 0 Å². The second-order valence-corrected chi connectivity index (χ2v) is 8.38. The number of ether oxygens (including phenoxy) is 1. The lowest BCUT2D eigenvalue weighted by Gasteiger charge is -2.24. The zero-order chi connectivity index (χ0) is 20.3. The lowest BCUT2D eigenvalue weighted by Crippen LogP contribution is -2.50. The third-order valence-electron chi connectivity index (χ3n) is 4.38. The van der Waals surface area contributed by atoms with Crippen LogP contribution in [-0.2, 0) is 19.6 Å². The van der Waals surface area contributed by atoms with Gasteiger partial charge in [-0.25, -0.2) is 18.1 Å². The van der Waals surface area contributed by atoms with E-state index in [1.54, 1.807) is 36.4 Å². The molecule has 0 saturated carbocycles. The van der Waals surface area contributed by atoms with E-state index >= 15 is 0 Å². The second-order valence-electron chi connectivity index (χ2n) is 6.35. The van der Waals surface area contributed by atoms with Gasteiger partial charge >= 0.3 is 6.09 Å². The van der Waals surface area contributed by atoms with E-state index in [2.05, 4.69) is 4.72 Å². The van der Waals surface area contributed by atoms with Gasteiger partial charge in [0.15, 0.2) is 0 Å². The maximum absolute atomic E-state index is 12.9. The minimum Gasteiger partial charge on any atom is -0.446 e. The normalized spacial score (nSPS) is 18.0. The molecule has 0 aromatic heterocycles. The van der Waals surface area contributed by atoms with Crippen LogP contribution in [-0.4, -0.2) is 43.8 Å². The molecule has 0 unspecified atom stereocenters. The van der Waals surface area contributed by atoms with E-state index in [9.17, 15) is 18.0 Å². The minimum absolute atomic E-state index is 0.00428. The van der Waals surface area contributed by atoms with Crippen molar-refractivity contribution >= 4 is 33.6 Å². The van der Waals surface area contributed by atoms with Gasteiger partial charge in [0.05, 0.1) is 4.90 Å². The topological polar surface area (TPSA) is 92.8 Å². The number of amides is 2. The van der Waals surface area contributed by atoms with Gasteiger partial charge in [0, 0.05) is 5.88 Å². The average molecular weight is 423 g/mol. The van der Waals surface area contributed by atoms with Crippen molar-refractivity contribution in [2.24, 2.45) is 0 Å². The molecule has 2 atom stereocenters. The van der Waals surface area contributed by atoms with Crippen LogP contribution in [0.3, 0.4) is 0 Å². The Labute approximate surface area is 168 Å². The number of hydrogen-bond acceptors (Lipinski definition) is 5. The molecule has 1 fully saturated rings. The Balaban J connectivity index is 1.84. The van der Waals surface area contributed by atoms with Gasteiger partial charge in [0.2, 0.25) is 10.0 Å². The zero-order valence-electron chi connectivity index (χ0n) is 15.0. The van der Waals surface area contributed by atoms with Crippen molar-refractivity contribution in [3.63, 3.8) is 0 Å². The van der Waals surface area contributed by atoms with Crippen LogP contribution >= 0.6 is 11.6 Å². The van der Waals surface area contributed by atoms with Crippen LogP contribution in [0.1, 0.15) is 17.2 Å². The zero-order valence-corrected chi connectivity index (χ0v) is 16.6. The molecule has 1 aliphatic heterocycles. The van der Waals surface area contributed by atoms with Gasteiger partial charge in [-0.15, -0.1) is 11.6 Å². The highest BCUT2D eigenvalue weighted by molar-refractivity contribution is 7.89. The number of rotatable bonds is 6. The first kappa shape index (κ1) is 20.3. The van der Waals surface area contributed by atoms with E-state index in [0.717, 1.165) is 10.5 Å². The van der Waals surface area contributed by atoms with Crippen molar-refractivity contribution in [3.8, 4) is 0 Å². The second kappa shape index (κ2) is 8.30. The molecule has 1 N–H and O–H groups in total. The molecule has 9 heteroatoms. The minimum atomic E-state index is -4.00. The number of carbonyl (C=O) groups excluding carboxylic acids is 2. The third-order valence-corrected chi connectivity index (χ3v) is 6.17. The van der Waals surface area contributed by atoms with Gasteiger partial charge in [0.25, 0.3) is 5.91 Å². The van der Waals surface area contributed by atoms with Crippen molar-refractivity contribution < 1.29 is 22.7 Å². The molecular formula is C19H19ClN2O5S. The smallest absolute Gasteiger partial charge is 0.417 e. The first-order valence-electron chi connectivity index (χ1n) is 8.53. The fraction of sp³-hybridized carbons (Fsp3) is 0.263. The van der Waals surface area contributed by atoms with E-state index in [1.165, 1.54) is 12.1 Å². The first-order chi connectivity index (χ1) is 13.3. The molecule has 0 radical (unpaired) electrons. The largest absolute Gasteiger partial charge is 0.446 e. The molecule has 2 aromatic carbocycles. The molecule has 2 aromatic rings. The number of alkyl halides is 1. The Hall–Kier alpha value is -2.42. The summed E-state index contributed by atoms with van der Waals surface area (Å²) < 4.78 is 32.5. The highest BCUT2D eigenvalue weighted by Crippen LogP contribution is 2.28. The van der Waals surface area contributed by atoms with Gasteiger partial charge in [-0.3, -0.25) is 4.79 Å². The number of nitrogens with one attached hydrogen (secondary N) is 1. The van der Waals surface area contributed by atoms with Gasteiger partial charge in [-0.1, -0.05) is 48.0 Å². The number of sulfonamides is 1. The number of cyclic esters (lactones) is 1. The SMILES string of the molecule is Cc1ccc(S(=O)(=O)N[C@H](CCl)C(=O)N2C(=O)OC[C@@H]2c2ccccc2)cc1. The molecule has 0 bridgehead atoms. The Morgan fingerprint density at radius 3 is 2.46 bits per heavy atom. The van der Waals surface area contributed by atoms with Gasteiger partial charge < -0.3 is 4.74 Å². The number of nitrogens with zero attached hydrogens (tertiary/aromatic N) is 1. The van der Waals surface area contributed by atoms with E-state index in [4.69, 9.17) is 16.3 Å². The maximum Gasteiger partial charge on any atom is 0.417 e. The van der Waals surface area contributed by atoms with Crippen LogP contribution in [0.25, 0.3) is 0 Å². The average Bonchev–Trinajstić information content (AvgIpc) is 3.08. The summed E-state index contributed by atoms with van der Waals surface area (Å²) in [6, 6.07) is 13.1. The van der Waals surface area contributed by atoms with Crippen LogP contribution in [0, 0.1) is 6.92 Å². The van der Waals surface area contributed by atoms with Crippen molar-refractivity contribution in [2.45, 2.75) is 23.9 Å². The van der Waals surface area contributed by atoms with Crippen LogP contribution in [0.15, 0.2) is 59.5 Å². The number of aryl methyl sites for hydroxylation is 1. The van der Waals surface area contributed by atoms with Crippen molar-refractivity contribution in [3.05, 3.63) is 65.7 Å². The Kier molecular flexibility index (Phi) is 6.02. The Bertz CT molecular complexity index is 964. The molecule has 148 valence electrons. The first-order valence-corrected chi connectivity index (χ1v) is 10.5. The monoisotopic (exact) mass is 422 g/mol. The van der Waals surface area contributed by atoms with Gasteiger partial charge in [-0.2, -0.15) is 4.72 Å². The quantitative estimate of drug-likeness (QED) is 0.722. The number of carbonyl (C=O) groups is 2. The summed E-state index contributed by atoms with van der Waals surface area (Å²) in [6.07, 6.45) is -0.830. The standard InChI is InChI=1S/C19H19ClN2O5S/c1-13-7-9-15(10-8-13)28(25,26)21-16(11-20)18(23)22-17(12-27-19(22)24)14-5-3-2-4-6-14/h2-10,16-17,21H,11-12H2,1H3/t16-,17-/m1/s1. The fourth-order valence-corrected chi connectivity index (χ4v) is 4.36. The van der Waals surface area contributed by atoms with Crippen LogP contribution in [0.4, 0.5) is 4.79 Å². The Morgan fingerprint density at radius 1 is 1.21 bits per heavy atom. The third kappa shape index (κ3) is 4.19. The van der Waals surface area contributed by atoms with Crippen LogP contribution < -0.4 is 4.72 Å². The van der Waals surface area contributed by atoms with Crippen LogP contribution in [0.5, 0.6) is 0 Å². The van der Waals surface area contributed by atoms with Crippen molar-refractivity contribution in [2.75, 3.05) is 12.5 Å². The lowest BCUT2D eigenvalue weighted by molar-refractivity contribution is -0.130. The van der Waals surface area contributed by atoms with Gasteiger partial charge in [-0.05, 0) is 24.6 Å². The molecule has 7 nitrogen and oxygen atoms in total. The molecule has 2 amide bonds. The van der Waals surface area contributed by atoms with E-state index < -0.39 is 34.1 Å².